The van der Waals surface area contributed by atoms with E-state index in [1.165, 1.54) is 57.8 Å². The standard InChI is InChI=1S/C58H114N10O5/c1-3-5-7-9-10-11-12-13-14-15-16-17-18-19-21-36-57(72)64-42-32-50-68(49-27-24-41-63-56(71)35-20-8-6-4-2)58(73)53-67(43-25-22-33-54(69)51-65(45-28-37-59)46-29-38-60)44-26-23-34-55(70)52-66(47-30-39-61)48-31-40-62/h6,8,13-14H,3-5,7,9-12,15-53,59-62H2,1-2H3,(H,63,71)(H,64,72)/b8-6-,14-13-. The number of amides is 3. The summed E-state index contributed by atoms with van der Waals surface area (Å²) in [6.07, 6.45) is 36.8. The number of hydrogen-bond acceptors (Lipinski definition) is 12. The Morgan fingerprint density at radius 3 is 1.27 bits per heavy atom. The Bertz CT molecular complexity index is 1330. The largest absolute Gasteiger partial charge is 0.356 e. The molecule has 0 rings (SSSR count). The topological polar surface area (TPSA) is 226 Å². The van der Waals surface area contributed by atoms with Gasteiger partial charge in [0.05, 0.1) is 19.6 Å². The van der Waals surface area contributed by atoms with Gasteiger partial charge in [0.25, 0.3) is 0 Å². The Hall–Kier alpha value is -3.05. The number of carbonyl (C=O) groups is 5. The van der Waals surface area contributed by atoms with Gasteiger partial charge in [0.2, 0.25) is 17.7 Å². The molecule has 426 valence electrons. The maximum atomic E-state index is 14.2. The predicted octanol–water partition coefficient (Wildman–Crippen LogP) is 7.78. The molecule has 0 bridgehead atoms. The van der Waals surface area contributed by atoms with Gasteiger partial charge in [-0.2, -0.15) is 0 Å². The summed E-state index contributed by atoms with van der Waals surface area (Å²) in [5, 5.41) is 6.13. The van der Waals surface area contributed by atoms with E-state index in [-0.39, 0.29) is 35.8 Å². The first-order chi connectivity index (χ1) is 35.6. The number of nitrogens with two attached hydrogens (primary N) is 4. The van der Waals surface area contributed by atoms with Crippen molar-refractivity contribution < 1.29 is 24.0 Å². The molecule has 73 heavy (non-hydrogen) atoms. The number of Topliss-reactive ketones (excluding diaryl/α,β-unsaturated/α-hetero) is 2. The normalized spacial score (nSPS) is 11.8. The number of allylic oxidation sites excluding steroid dienone is 4. The second-order valence-electron chi connectivity index (χ2n) is 20.3. The molecule has 0 radical (unpaired) electrons. The van der Waals surface area contributed by atoms with E-state index in [9.17, 15) is 24.0 Å². The Morgan fingerprint density at radius 2 is 0.767 bits per heavy atom. The minimum atomic E-state index is 0.0319. The predicted molar refractivity (Wildman–Crippen MR) is 306 cm³/mol. The number of rotatable bonds is 56. The number of unbranched alkanes of at least 4 members (excludes halogenated alkanes) is 14. The fourth-order valence-electron chi connectivity index (χ4n) is 8.88. The second kappa shape index (κ2) is 53.8. The molecule has 0 unspecified atom stereocenters. The van der Waals surface area contributed by atoms with Crippen molar-refractivity contribution in [2.45, 2.75) is 206 Å². The van der Waals surface area contributed by atoms with Crippen molar-refractivity contribution in [1.29, 1.82) is 0 Å². The molecule has 0 heterocycles. The molecule has 3 amide bonds. The van der Waals surface area contributed by atoms with Gasteiger partial charge in [0, 0.05) is 51.9 Å². The summed E-state index contributed by atoms with van der Waals surface area (Å²) in [4.78, 5) is 74.0. The lowest BCUT2D eigenvalue weighted by Crippen LogP contribution is -2.43. The summed E-state index contributed by atoms with van der Waals surface area (Å²) < 4.78 is 0. The van der Waals surface area contributed by atoms with E-state index in [0.717, 1.165) is 129 Å². The molecule has 0 aliphatic carbocycles. The zero-order valence-corrected chi connectivity index (χ0v) is 47.2. The molecule has 10 N–H and O–H groups in total. The van der Waals surface area contributed by atoms with Crippen molar-refractivity contribution in [2.24, 2.45) is 22.9 Å². The first-order valence-electron chi connectivity index (χ1n) is 29.8. The summed E-state index contributed by atoms with van der Waals surface area (Å²) in [6, 6.07) is 0. The smallest absolute Gasteiger partial charge is 0.236 e. The fraction of sp³-hybridized carbons (Fsp3) is 0.845. The van der Waals surface area contributed by atoms with Gasteiger partial charge >= 0.3 is 0 Å². The van der Waals surface area contributed by atoms with Crippen molar-refractivity contribution >= 4 is 29.3 Å². The molecule has 0 aromatic carbocycles. The molecule has 0 aromatic heterocycles. The summed E-state index contributed by atoms with van der Waals surface area (Å²) in [5.41, 5.74) is 23.0. The van der Waals surface area contributed by atoms with Crippen molar-refractivity contribution in [2.75, 3.05) is 111 Å². The third kappa shape index (κ3) is 47.2. The van der Waals surface area contributed by atoms with Crippen LogP contribution in [0.4, 0.5) is 0 Å². The molecule has 0 saturated carbocycles. The van der Waals surface area contributed by atoms with Gasteiger partial charge in [-0.05, 0) is 181 Å². The molecule has 0 aliphatic rings. The summed E-state index contributed by atoms with van der Waals surface area (Å²) >= 11 is 0. The first-order valence-corrected chi connectivity index (χ1v) is 29.8. The van der Waals surface area contributed by atoms with Crippen LogP contribution >= 0.6 is 0 Å². The van der Waals surface area contributed by atoms with Crippen LogP contribution in [-0.2, 0) is 24.0 Å². The Morgan fingerprint density at radius 1 is 0.370 bits per heavy atom. The Balaban J connectivity index is 5.46. The van der Waals surface area contributed by atoms with Crippen LogP contribution in [0.25, 0.3) is 0 Å². The SMILES string of the molecule is CC/C=C\CCC(=O)NCCCCN(CCCNC(=O)CCCCCCC/C=C\CCCCCCCC)C(=O)CN(CCCCC(=O)CN(CCCN)CCCN)CCCCC(=O)CN(CCCN)CCCN. The molecular weight excluding hydrogens is 917 g/mol. The third-order valence-corrected chi connectivity index (χ3v) is 13.3. The van der Waals surface area contributed by atoms with Gasteiger partial charge in [0.1, 0.15) is 11.6 Å². The van der Waals surface area contributed by atoms with E-state index < -0.39 is 0 Å². The molecule has 0 spiro atoms. The molecule has 15 nitrogen and oxygen atoms in total. The quantitative estimate of drug-likeness (QED) is 0.0254. The lowest BCUT2D eigenvalue weighted by atomic mass is 10.1. The van der Waals surface area contributed by atoms with Crippen LogP contribution in [0.2, 0.25) is 0 Å². The summed E-state index contributed by atoms with van der Waals surface area (Å²) in [6.45, 7) is 14.3. The van der Waals surface area contributed by atoms with Crippen LogP contribution in [0.1, 0.15) is 206 Å². The number of carbonyl (C=O) groups excluding carboxylic acids is 5. The van der Waals surface area contributed by atoms with Gasteiger partial charge < -0.3 is 38.5 Å². The lowest BCUT2D eigenvalue weighted by molar-refractivity contribution is -0.133. The number of ketones is 2. The van der Waals surface area contributed by atoms with Gasteiger partial charge in [-0.3, -0.25) is 38.7 Å². The molecule has 0 aliphatic heterocycles. The maximum absolute atomic E-state index is 14.2. The van der Waals surface area contributed by atoms with E-state index in [0.29, 0.717) is 111 Å². The van der Waals surface area contributed by atoms with Gasteiger partial charge in [0.15, 0.2) is 0 Å². The van der Waals surface area contributed by atoms with Crippen molar-refractivity contribution in [3.63, 3.8) is 0 Å². The van der Waals surface area contributed by atoms with Crippen LogP contribution in [0.5, 0.6) is 0 Å². The molecule has 0 saturated heterocycles. The van der Waals surface area contributed by atoms with Crippen molar-refractivity contribution in [3.8, 4) is 0 Å². The average molecular weight is 1030 g/mol. The number of hydrogen-bond donors (Lipinski definition) is 6. The van der Waals surface area contributed by atoms with Crippen molar-refractivity contribution in [3.05, 3.63) is 24.3 Å². The first kappa shape index (κ1) is 70.0. The monoisotopic (exact) mass is 1030 g/mol. The summed E-state index contributed by atoms with van der Waals surface area (Å²) in [5.74, 6) is 0.549. The highest BCUT2D eigenvalue weighted by Gasteiger charge is 2.19. The van der Waals surface area contributed by atoms with Gasteiger partial charge in [-0.1, -0.05) is 89.5 Å². The van der Waals surface area contributed by atoms with Crippen LogP contribution in [-0.4, -0.2) is 160 Å². The molecule has 0 atom stereocenters. The van der Waals surface area contributed by atoms with Gasteiger partial charge in [-0.15, -0.1) is 0 Å². The summed E-state index contributed by atoms with van der Waals surface area (Å²) in [7, 11) is 0. The van der Waals surface area contributed by atoms with E-state index in [1.807, 2.05) is 11.0 Å². The highest BCUT2D eigenvalue weighted by molar-refractivity contribution is 5.81. The average Bonchev–Trinajstić information content (AvgIpc) is 3.38. The molecule has 15 heteroatoms. The van der Waals surface area contributed by atoms with Crippen molar-refractivity contribution in [1.82, 2.24) is 30.2 Å². The minimum Gasteiger partial charge on any atom is -0.356 e. The highest BCUT2D eigenvalue weighted by Crippen LogP contribution is 2.12. The van der Waals surface area contributed by atoms with E-state index in [2.05, 4.69) is 57.4 Å². The van der Waals surface area contributed by atoms with Crippen LogP contribution in [0, 0.1) is 0 Å². The Labute approximate surface area is 446 Å². The Kier molecular flexibility index (Phi) is 51.5. The highest BCUT2D eigenvalue weighted by atomic mass is 16.2. The van der Waals surface area contributed by atoms with Gasteiger partial charge in [-0.25, -0.2) is 0 Å². The van der Waals surface area contributed by atoms with Crippen LogP contribution in [0.15, 0.2) is 24.3 Å². The minimum absolute atomic E-state index is 0.0319. The van der Waals surface area contributed by atoms with Crippen LogP contribution in [0.3, 0.4) is 0 Å². The molecular formula is C58H114N10O5. The van der Waals surface area contributed by atoms with E-state index in [4.69, 9.17) is 22.9 Å². The fourth-order valence-corrected chi connectivity index (χ4v) is 8.88. The van der Waals surface area contributed by atoms with E-state index in [1.54, 1.807) is 0 Å². The maximum Gasteiger partial charge on any atom is 0.236 e. The van der Waals surface area contributed by atoms with Crippen LogP contribution < -0.4 is 33.6 Å². The molecule has 0 aromatic rings. The number of nitrogens with one attached hydrogen (secondary N) is 2. The van der Waals surface area contributed by atoms with E-state index >= 15 is 0 Å². The second-order valence-corrected chi connectivity index (χ2v) is 20.3. The molecule has 0 fully saturated rings. The number of nitrogens with zero attached hydrogens (tertiary/aromatic N) is 4. The zero-order chi connectivity index (χ0) is 53.7. The lowest BCUT2D eigenvalue weighted by Gasteiger charge is -2.28. The third-order valence-electron chi connectivity index (χ3n) is 13.3. The zero-order valence-electron chi connectivity index (χ0n) is 47.2.